The van der Waals surface area contributed by atoms with Gasteiger partial charge in [-0.2, -0.15) is 0 Å². The average molecular weight is 467 g/mol. The third-order valence-corrected chi connectivity index (χ3v) is 7.20. The zero-order valence-electron chi connectivity index (χ0n) is 17.5. The van der Waals surface area contributed by atoms with Crippen molar-refractivity contribution in [2.75, 3.05) is 31.1 Å². The van der Waals surface area contributed by atoms with Crippen molar-refractivity contribution in [3.8, 4) is 5.75 Å². The highest BCUT2D eigenvalue weighted by atomic mass is 32.1. The highest BCUT2D eigenvalue weighted by Crippen LogP contribution is 2.38. The number of hydrogen-bond donors (Lipinski definition) is 2. The zero-order valence-corrected chi connectivity index (χ0v) is 19.1. The van der Waals surface area contributed by atoms with Crippen LogP contribution in [0.3, 0.4) is 0 Å². The van der Waals surface area contributed by atoms with Gasteiger partial charge >= 0.3 is 0 Å². The molecule has 1 fully saturated rings. The smallest absolute Gasteiger partial charge is 0.258 e. The van der Waals surface area contributed by atoms with E-state index in [0.717, 1.165) is 43.1 Å². The highest BCUT2D eigenvalue weighted by molar-refractivity contribution is 7.21. The number of fused-ring (bicyclic) bond motifs is 3. The zero-order chi connectivity index (χ0) is 22.1. The molecule has 2 N–H and O–H groups in total. The fourth-order valence-corrected chi connectivity index (χ4v) is 5.62. The molecule has 32 heavy (non-hydrogen) atoms. The van der Waals surface area contributed by atoms with E-state index in [-0.39, 0.29) is 18.4 Å². The summed E-state index contributed by atoms with van der Waals surface area (Å²) in [7, 11) is 0. The minimum Gasteiger partial charge on any atom is -0.483 e. The number of carbonyl (C=O) groups excluding carboxylic acids is 2. The number of thiophene rings is 1. The van der Waals surface area contributed by atoms with Gasteiger partial charge in [0, 0.05) is 36.8 Å². The van der Waals surface area contributed by atoms with Crippen molar-refractivity contribution >= 4 is 60.5 Å². The van der Waals surface area contributed by atoms with Crippen LogP contribution in [0.5, 0.6) is 5.75 Å². The van der Waals surface area contributed by atoms with Crippen LogP contribution in [0.1, 0.15) is 10.6 Å². The Kier molecular flexibility index (Phi) is 5.67. The van der Waals surface area contributed by atoms with Crippen LogP contribution < -0.4 is 20.3 Å². The lowest BCUT2D eigenvalue weighted by Crippen LogP contribution is -2.47. The molecular formula is C23H22N4O3S2. The van der Waals surface area contributed by atoms with Crippen molar-refractivity contribution in [2.45, 2.75) is 13.5 Å². The molecule has 0 bridgehead atoms. The fraction of sp³-hybridized carbons (Fsp3) is 0.261. The summed E-state index contributed by atoms with van der Waals surface area (Å²) in [5.41, 5.74) is 3.00. The van der Waals surface area contributed by atoms with Gasteiger partial charge < -0.3 is 20.3 Å². The molecule has 9 heteroatoms. The maximum Gasteiger partial charge on any atom is 0.258 e. The van der Waals surface area contributed by atoms with E-state index in [1.54, 1.807) is 22.7 Å². The summed E-state index contributed by atoms with van der Waals surface area (Å²) < 4.78 is 8.04. The number of aryl methyl sites for hydroxylation is 1. The Bertz CT molecular complexity index is 1300. The number of carbonyl (C=O) groups is 2. The van der Waals surface area contributed by atoms with Crippen LogP contribution in [0, 0.1) is 6.92 Å². The Morgan fingerprint density at radius 3 is 2.94 bits per heavy atom. The van der Waals surface area contributed by atoms with E-state index >= 15 is 0 Å². The van der Waals surface area contributed by atoms with E-state index in [0.29, 0.717) is 25.4 Å². The van der Waals surface area contributed by atoms with Gasteiger partial charge in [0.2, 0.25) is 5.91 Å². The van der Waals surface area contributed by atoms with E-state index in [1.807, 2.05) is 53.6 Å². The third kappa shape index (κ3) is 4.26. The van der Waals surface area contributed by atoms with Gasteiger partial charge in [0.05, 0.1) is 26.5 Å². The van der Waals surface area contributed by atoms with E-state index in [1.165, 1.54) is 0 Å². The van der Waals surface area contributed by atoms with Crippen LogP contribution in [0.4, 0.5) is 5.69 Å². The minimum absolute atomic E-state index is 0.0388. The second-order valence-electron chi connectivity index (χ2n) is 7.62. The van der Waals surface area contributed by atoms with Gasteiger partial charge in [0.25, 0.3) is 5.91 Å². The first kappa shape index (κ1) is 20.7. The van der Waals surface area contributed by atoms with E-state index in [2.05, 4.69) is 15.6 Å². The lowest BCUT2D eigenvalue weighted by molar-refractivity contribution is -0.123. The summed E-state index contributed by atoms with van der Waals surface area (Å²) in [6.45, 7) is 4.19. The van der Waals surface area contributed by atoms with Gasteiger partial charge in [-0.15, -0.1) is 22.7 Å². The van der Waals surface area contributed by atoms with Crippen LogP contribution in [-0.2, 0) is 16.1 Å². The van der Waals surface area contributed by atoms with Crippen LogP contribution in [0.25, 0.3) is 20.3 Å². The van der Waals surface area contributed by atoms with Crippen molar-refractivity contribution in [2.24, 2.45) is 0 Å². The number of thiazole rings is 1. The Balaban J connectivity index is 1.18. The predicted octanol–water partition coefficient (Wildman–Crippen LogP) is 3.45. The van der Waals surface area contributed by atoms with Crippen molar-refractivity contribution in [1.29, 1.82) is 0 Å². The Hall–Kier alpha value is -3.17. The fourth-order valence-electron chi connectivity index (χ4n) is 3.78. The maximum absolute atomic E-state index is 12.4. The minimum atomic E-state index is -0.175. The van der Waals surface area contributed by atoms with Gasteiger partial charge in [0.15, 0.2) is 6.61 Å². The molecule has 0 aliphatic carbocycles. The lowest BCUT2D eigenvalue weighted by atomic mass is 10.2. The summed E-state index contributed by atoms with van der Waals surface area (Å²) in [6, 6.07) is 11.9. The summed E-state index contributed by atoms with van der Waals surface area (Å²) in [5.74, 6) is 0.574. The number of aromatic nitrogens is 1. The number of hydrogen-bond acceptors (Lipinski definition) is 7. The van der Waals surface area contributed by atoms with Crippen LogP contribution >= 0.6 is 22.7 Å². The molecule has 5 rings (SSSR count). The first-order valence-electron chi connectivity index (χ1n) is 10.3. The molecule has 4 aromatic rings. The molecular weight excluding hydrogens is 444 g/mol. The Labute approximate surface area is 193 Å². The topological polar surface area (TPSA) is 83.6 Å². The Morgan fingerprint density at radius 1 is 1.28 bits per heavy atom. The monoisotopic (exact) mass is 466 g/mol. The molecule has 164 valence electrons. The van der Waals surface area contributed by atoms with Gasteiger partial charge in [-0.1, -0.05) is 12.1 Å². The number of nitrogens with zero attached hydrogens (tertiary/aromatic N) is 2. The molecule has 0 spiro atoms. The molecule has 2 amide bonds. The standard InChI is InChI=1S/C23H22N4O3S2/c1-14-26-22-19(32-14)10-18(17-6-9-31-23(17)22)30-13-21(29)25-11-15-2-4-16(5-3-15)27-8-7-24-20(28)12-27/h2-6,9-10H,7-8,11-13H2,1H3,(H,24,28)(H,25,29). The van der Waals surface area contributed by atoms with Crippen molar-refractivity contribution in [3.05, 3.63) is 52.3 Å². The molecule has 0 saturated carbocycles. The number of benzene rings is 2. The molecule has 2 aromatic carbocycles. The highest BCUT2D eigenvalue weighted by Gasteiger charge is 2.16. The quantitative estimate of drug-likeness (QED) is 0.455. The van der Waals surface area contributed by atoms with Crippen LogP contribution in [0.15, 0.2) is 41.8 Å². The molecule has 0 radical (unpaired) electrons. The van der Waals surface area contributed by atoms with Gasteiger partial charge in [-0.3, -0.25) is 9.59 Å². The summed E-state index contributed by atoms with van der Waals surface area (Å²) >= 11 is 3.26. The summed E-state index contributed by atoms with van der Waals surface area (Å²) in [5, 5.41) is 9.76. The first-order chi connectivity index (χ1) is 15.6. The second-order valence-corrected chi connectivity index (χ2v) is 9.77. The molecule has 2 aromatic heterocycles. The number of nitrogens with one attached hydrogen (secondary N) is 2. The number of ether oxygens (including phenoxy) is 1. The molecule has 3 heterocycles. The normalized spacial score (nSPS) is 14.0. The van der Waals surface area contributed by atoms with Crippen molar-refractivity contribution in [1.82, 2.24) is 15.6 Å². The predicted molar refractivity (Wildman–Crippen MR) is 129 cm³/mol. The molecule has 1 aliphatic rings. The van der Waals surface area contributed by atoms with Crippen LogP contribution in [-0.4, -0.2) is 43.0 Å². The summed E-state index contributed by atoms with van der Waals surface area (Å²) in [6.07, 6.45) is 0. The number of piperazine rings is 1. The number of anilines is 1. The lowest BCUT2D eigenvalue weighted by Gasteiger charge is -2.28. The molecule has 0 atom stereocenters. The maximum atomic E-state index is 12.4. The molecule has 1 aliphatic heterocycles. The molecule has 1 saturated heterocycles. The SMILES string of the molecule is Cc1nc2c(cc(OCC(=O)NCc3ccc(N4CCNC(=O)C4)cc3)c3ccsc32)s1. The second kappa shape index (κ2) is 8.76. The van der Waals surface area contributed by atoms with Gasteiger partial charge in [-0.05, 0) is 36.1 Å². The summed E-state index contributed by atoms with van der Waals surface area (Å²) in [4.78, 5) is 30.6. The van der Waals surface area contributed by atoms with E-state index in [9.17, 15) is 9.59 Å². The van der Waals surface area contributed by atoms with Gasteiger partial charge in [0.1, 0.15) is 5.75 Å². The number of rotatable bonds is 6. The average Bonchev–Trinajstić information content (AvgIpc) is 3.42. The first-order valence-corrected chi connectivity index (χ1v) is 12.0. The van der Waals surface area contributed by atoms with Crippen LogP contribution in [0.2, 0.25) is 0 Å². The largest absolute Gasteiger partial charge is 0.483 e. The van der Waals surface area contributed by atoms with E-state index in [4.69, 9.17) is 4.74 Å². The third-order valence-electron chi connectivity index (χ3n) is 5.36. The molecule has 0 unspecified atom stereocenters. The van der Waals surface area contributed by atoms with Crippen molar-refractivity contribution in [3.63, 3.8) is 0 Å². The Morgan fingerprint density at radius 2 is 2.12 bits per heavy atom. The number of amides is 2. The van der Waals surface area contributed by atoms with E-state index < -0.39 is 0 Å². The van der Waals surface area contributed by atoms with Crippen molar-refractivity contribution < 1.29 is 14.3 Å². The van der Waals surface area contributed by atoms with Gasteiger partial charge in [-0.25, -0.2) is 4.98 Å². The molecule has 7 nitrogen and oxygen atoms in total.